The summed E-state index contributed by atoms with van der Waals surface area (Å²) in [6, 6.07) is 8.21. The van der Waals surface area contributed by atoms with Crippen molar-refractivity contribution in [1.29, 1.82) is 0 Å². The van der Waals surface area contributed by atoms with Crippen molar-refractivity contribution in [2.24, 2.45) is 5.41 Å². The number of nitrogens with zero attached hydrogens (tertiary/aromatic N) is 6. The van der Waals surface area contributed by atoms with Gasteiger partial charge in [-0.1, -0.05) is 48.0 Å². The first-order valence-corrected chi connectivity index (χ1v) is 11.3. The van der Waals surface area contributed by atoms with Crippen LogP contribution in [-0.4, -0.2) is 41.1 Å². The summed E-state index contributed by atoms with van der Waals surface area (Å²) < 4.78 is 4.85. The Bertz CT molecular complexity index is 1390. The van der Waals surface area contributed by atoms with Crippen molar-refractivity contribution in [3.8, 4) is 11.3 Å². The average molecular weight is 493 g/mol. The van der Waals surface area contributed by atoms with E-state index >= 15 is 0 Å². The van der Waals surface area contributed by atoms with E-state index in [1.807, 2.05) is 29.2 Å². The molecule has 0 aliphatic heterocycles. The van der Waals surface area contributed by atoms with Gasteiger partial charge in [0.15, 0.2) is 0 Å². The van der Waals surface area contributed by atoms with Crippen LogP contribution in [0.4, 0.5) is 0 Å². The van der Waals surface area contributed by atoms with E-state index in [0.717, 1.165) is 51.1 Å². The van der Waals surface area contributed by atoms with Gasteiger partial charge in [-0.2, -0.15) is 5.10 Å². The number of hydrogen-bond donors (Lipinski definition) is 2. The number of hydrogen-bond acceptors (Lipinski definition) is 5. The van der Waals surface area contributed by atoms with Crippen LogP contribution in [0.1, 0.15) is 32.0 Å². The number of pyridine rings is 1. The minimum Gasteiger partial charge on any atom is -0.312 e. The van der Waals surface area contributed by atoms with Gasteiger partial charge in [-0.15, -0.1) is 5.10 Å². The second-order valence-electron chi connectivity index (χ2n) is 9.29. The quantitative estimate of drug-likeness (QED) is 0.366. The molecule has 0 unspecified atom stereocenters. The van der Waals surface area contributed by atoms with Gasteiger partial charge in [-0.25, -0.2) is 9.67 Å². The van der Waals surface area contributed by atoms with Crippen LogP contribution in [0.3, 0.4) is 0 Å². The fourth-order valence-corrected chi connectivity index (χ4v) is 4.20. The number of aromatic amines is 1. The van der Waals surface area contributed by atoms with Gasteiger partial charge in [0.1, 0.15) is 11.3 Å². The average Bonchev–Trinajstić information content (AvgIpc) is 3.45. The third-order valence-electron chi connectivity index (χ3n) is 5.21. The largest absolute Gasteiger partial charge is 0.312 e. The molecule has 32 heavy (non-hydrogen) atoms. The van der Waals surface area contributed by atoms with E-state index in [0.29, 0.717) is 6.54 Å². The van der Waals surface area contributed by atoms with Crippen LogP contribution in [0.25, 0.3) is 27.8 Å². The maximum absolute atomic E-state index is 4.74. The van der Waals surface area contributed by atoms with Crippen LogP contribution < -0.4 is 5.32 Å². The third kappa shape index (κ3) is 4.44. The lowest BCUT2D eigenvalue weighted by atomic mass is 9.97. The normalized spacial score (nSPS) is 12.2. The second-order valence-corrected chi connectivity index (χ2v) is 10.2. The van der Waals surface area contributed by atoms with Gasteiger partial charge in [0.25, 0.3) is 0 Å². The Morgan fingerprint density at radius 2 is 2.00 bits per heavy atom. The molecule has 0 radical (unpaired) electrons. The molecule has 9 heteroatoms. The molecule has 4 aromatic heterocycles. The Hall–Kier alpha value is -3.04. The number of benzene rings is 1. The van der Waals surface area contributed by atoms with Crippen LogP contribution in [0.2, 0.25) is 0 Å². The molecule has 0 spiro atoms. The Morgan fingerprint density at radius 3 is 2.84 bits per heavy atom. The molecule has 5 rings (SSSR count). The van der Waals surface area contributed by atoms with Crippen molar-refractivity contribution in [3.05, 3.63) is 64.8 Å². The Morgan fingerprint density at radius 1 is 1.12 bits per heavy atom. The van der Waals surface area contributed by atoms with Gasteiger partial charge in [0, 0.05) is 40.9 Å². The lowest BCUT2D eigenvalue weighted by Gasteiger charge is -2.18. The van der Waals surface area contributed by atoms with E-state index in [1.165, 1.54) is 5.56 Å². The fraction of sp³-hybridized carbons (Fsp3) is 0.304. The predicted octanol–water partition coefficient (Wildman–Crippen LogP) is 4.42. The van der Waals surface area contributed by atoms with Crippen LogP contribution in [0.5, 0.6) is 0 Å². The summed E-state index contributed by atoms with van der Waals surface area (Å²) in [4.78, 5) is 4.74. The molecule has 1 aromatic carbocycles. The van der Waals surface area contributed by atoms with E-state index < -0.39 is 0 Å². The number of H-pyrrole nitrogens is 1. The van der Waals surface area contributed by atoms with Crippen LogP contribution >= 0.6 is 15.9 Å². The summed E-state index contributed by atoms with van der Waals surface area (Å²) in [6.07, 6.45) is 7.94. The molecule has 0 amide bonds. The zero-order chi connectivity index (χ0) is 22.3. The number of imidazole rings is 1. The molecule has 0 atom stereocenters. The van der Waals surface area contributed by atoms with Crippen molar-refractivity contribution < 1.29 is 0 Å². The molecule has 0 bridgehead atoms. The van der Waals surface area contributed by atoms with E-state index in [9.17, 15) is 0 Å². The first-order valence-electron chi connectivity index (χ1n) is 10.5. The fourth-order valence-electron chi connectivity index (χ4n) is 3.75. The molecule has 4 heterocycles. The van der Waals surface area contributed by atoms with Gasteiger partial charge < -0.3 is 9.72 Å². The summed E-state index contributed by atoms with van der Waals surface area (Å²) in [5.74, 6) is 0. The van der Waals surface area contributed by atoms with Crippen molar-refractivity contribution in [2.45, 2.75) is 33.9 Å². The molecule has 0 saturated carbocycles. The molecule has 0 saturated heterocycles. The molecule has 0 aliphatic carbocycles. The highest BCUT2D eigenvalue weighted by molar-refractivity contribution is 9.10. The highest BCUT2D eigenvalue weighted by atomic mass is 79.9. The van der Waals surface area contributed by atoms with Crippen molar-refractivity contribution in [3.63, 3.8) is 0 Å². The number of halogens is 1. The van der Waals surface area contributed by atoms with Crippen LogP contribution in [-0.2, 0) is 13.1 Å². The van der Waals surface area contributed by atoms with Crippen LogP contribution in [0.15, 0.2) is 53.5 Å². The van der Waals surface area contributed by atoms with Gasteiger partial charge in [-0.3, -0.25) is 5.10 Å². The monoisotopic (exact) mass is 492 g/mol. The van der Waals surface area contributed by atoms with Crippen LogP contribution in [0, 0.1) is 5.41 Å². The molecule has 8 nitrogen and oxygen atoms in total. The summed E-state index contributed by atoms with van der Waals surface area (Å²) >= 11 is 3.56. The van der Waals surface area contributed by atoms with Gasteiger partial charge >= 0.3 is 0 Å². The van der Waals surface area contributed by atoms with Crippen molar-refractivity contribution in [2.75, 3.05) is 6.54 Å². The van der Waals surface area contributed by atoms with E-state index in [1.54, 1.807) is 0 Å². The first kappa shape index (κ1) is 20.8. The summed E-state index contributed by atoms with van der Waals surface area (Å²) in [6.45, 7) is 9.05. The molecule has 164 valence electrons. The number of nitrogens with one attached hydrogen (secondary N) is 2. The summed E-state index contributed by atoms with van der Waals surface area (Å²) in [7, 11) is 0. The highest BCUT2D eigenvalue weighted by Crippen LogP contribution is 2.29. The van der Waals surface area contributed by atoms with Gasteiger partial charge in [0.05, 0.1) is 30.1 Å². The lowest BCUT2D eigenvalue weighted by Crippen LogP contribution is -2.26. The van der Waals surface area contributed by atoms with Crippen molar-refractivity contribution in [1.82, 2.24) is 39.9 Å². The van der Waals surface area contributed by atoms with Crippen molar-refractivity contribution >= 4 is 32.5 Å². The predicted molar refractivity (Wildman–Crippen MR) is 128 cm³/mol. The SMILES string of the molecule is CC(C)(C)CNCc1ccc2nc(Cn3cc(-c4cc(Br)cc5[nH]ncc45)nn3)cn2c1. The third-order valence-corrected chi connectivity index (χ3v) is 5.67. The number of fused-ring (bicyclic) bond motifs is 2. The smallest absolute Gasteiger partial charge is 0.137 e. The molecular formula is C23H25BrN8. The topological polar surface area (TPSA) is 88.7 Å². The second kappa shape index (κ2) is 8.14. The molecule has 0 fully saturated rings. The zero-order valence-corrected chi connectivity index (χ0v) is 19.9. The molecule has 5 aromatic rings. The zero-order valence-electron chi connectivity index (χ0n) is 18.3. The Balaban J connectivity index is 1.34. The summed E-state index contributed by atoms with van der Waals surface area (Å²) in [5, 5.41) is 20.4. The standard InChI is InChI=1S/C23H25BrN8/c1-23(2,3)14-25-8-15-4-5-22-27-17(11-31(22)10-15)12-32-13-21(29-30-32)18-6-16(24)7-20-19(18)9-26-28-20/h4-7,9-11,13,25H,8,12,14H2,1-3H3,(H,26,28). The number of aromatic nitrogens is 7. The Kier molecular flexibility index (Phi) is 5.30. The van der Waals surface area contributed by atoms with Gasteiger partial charge in [0.2, 0.25) is 0 Å². The molecular weight excluding hydrogens is 468 g/mol. The minimum atomic E-state index is 0.266. The molecule has 0 aliphatic rings. The van der Waals surface area contributed by atoms with E-state index in [2.05, 4.69) is 91.5 Å². The lowest BCUT2D eigenvalue weighted by molar-refractivity contribution is 0.379. The first-order chi connectivity index (χ1) is 15.3. The van der Waals surface area contributed by atoms with Gasteiger partial charge in [-0.05, 0) is 29.2 Å². The molecule has 2 N–H and O–H groups in total. The summed E-state index contributed by atoms with van der Waals surface area (Å²) in [5.41, 5.74) is 6.09. The highest BCUT2D eigenvalue weighted by Gasteiger charge is 2.13. The Labute approximate surface area is 194 Å². The van der Waals surface area contributed by atoms with E-state index in [-0.39, 0.29) is 5.41 Å². The maximum Gasteiger partial charge on any atom is 0.137 e. The minimum absolute atomic E-state index is 0.266. The van der Waals surface area contributed by atoms with E-state index in [4.69, 9.17) is 4.98 Å². The maximum atomic E-state index is 4.74. The number of rotatable bonds is 6.